The lowest BCUT2D eigenvalue weighted by Gasteiger charge is -2.31. The summed E-state index contributed by atoms with van der Waals surface area (Å²) in [6.07, 6.45) is -0.153. The average molecular weight is 528 g/mol. The number of aromatic nitrogens is 3. The molecule has 1 amide bonds. The van der Waals surface area contributed by atoms with Crippen LogP contribution in [0.4, 0.5) is 5.69 Å². The Labute approximate surface area is 225 Å². The smallest absolute Gasteiger partial charge is 0.313 e. The van der Waals surface area contributed by atoms with Gasteiger partial charge in [0.1, 0.15) is 5.69 Å². The van der Waals surface area contributed by atoms with Gasteiger partial charge in [-0.15, -0.1) is 0 Å². The normalized spacial score (nSPS) is 17.6. The Kier molecular flexibility index (Phi) is 6.72. The zero-order chi connectivity index (χ0) is 26.9. The molecule has 0 bridgehead atoms. The average Bonchev–Trinajstić information content (AvgIpc) is 3.31. The van der Waals surface area contributed by atoms with Crippen molar-refractivity contribution in [3.05, 3.63) is 82.3 Å². The van der Waals surface area contributed by atoms with E-state index in [1.807, 2.05) is 47.9 Å². The molecule has 6 rings (SSSR count). The minimum atomic E-state index is -0.877. The maximum Gasteiger partial charge on any atom is 0.313 e. The van der Waals surface area contributed by atoms with Gasteiger partial charge in [0.15, 0.2) is 0 Å². The van der Waals surface area contributed by atoms with Crippen LogP contribution < -0.4 is 15.6 Å². The van der Waals surface area contributed by atoms with E-state index in [0.29, 0.717) is 60.2 Å². The van der Waals surface area contributed by atoms with Crippen LogP contribution in [0.5, 0.6) is 5.88 Å². The molecule has 1 fully saturated rings. The molecular formula is C29H29N5O5. The molecule has 10 nitrogen and oxygen atoms in total. The summed E-state index contributed by atoms with van der Waals surface area (Å²) in [7, 11) is 0. The number of hydrogen-bond acceptors (Lipinski definition) is 7. The molecule has 0 radical (unpaired) electrons. The monoisotopic (exact) mass is 527 g/mol. The van der Waals surface area contributed by atoms with Gasteiger partial charge in [-0.1, -0.05) is 36.4 Å². The van der Waals surface area contributed by atoms with Crippen molar-refractivity contribution >= 4 is 17.6 Å². The molecule has 0 aliphatic carbocycles. The molecule has 200 valence electrons. The van der Waals surface area contributed by atoms with Gasteiger partial charge in [0, 0.05) is 37.6 Å². The van der Waals surface area contributed by atoms with E-state index < -0.39 is 11.9 Å². The Morgan fingerprint density at radius 3 is 2.41 bits per heavy atom. The molecule has 0 spiro atoms. The van der Waals surface area contributed by atoms with E-state index in [1.165, 1.54) is 4.68 Å². The number of rotatable bonds is 6. The maximum absolute atomic E-state index is 13.8. The van der Waals surface area contributed by atoms with Crippen LogP contribution in [0.1, 0.15) is 23.6 Å². The van der Waals surface area contributed by atoms with Crippen molar-refractivity contribution in [3.63, 3.8) is 0 Å². The lowest BCUT2D eigenvalue weighted by molar-refractivity contribution is -0.138. The fraction of sp³-hybridized carbons (Fsp3) is 0.310. The van der Waals surface area contributed by atoms with Crippen LogP contribution in [0.25, 0.3) is 16.9 Å². The number of hydrogen-bond donors (Lipinski definition) is 1. The maximum atomic E-state index is 13.8. The minimum Gasteiger partial charge on any atom is -0.409 e. The fourth-order valence-corrected chi connectivity index (χ4v) is 5.35. The van der Waals surface area contributed by atoms with Crippen LogP contribution in [0.2, 0.25) is 0 Å². The number of carbonyl (C=O) groups is 2. The number of amides is 1. The Balaban J connectivity index is 1.51. The summed E-state index contributed by atoms with van der Waals surface area (Å²) in [5, 5.41) is 7.62. The van der Waals surface area contributed by atoms with Crippen LogP contribution >= 0.6 is 0 Å². The molecule has 4 heterocycles. The molecule has 4 aliphatic rings. The molecule has 1 saturated heterocycles. The topological polar surface area (TPSA) is 108 Å². The van der Waals surface area contributed by atoms with Crippen molar-refractivity contribution in [2.75, 3.05) is 38.2 Å². The standard InChI is InChI=1S/C29H29N5O5/c1-19-24-26(31-34(28(24)37)21-10-6-3-7-11-21)25-22(27(36)30-20-8-4-2-5-9-20)18-23(35)39-29(25)33(19)13-12-32-14-16-38-17-15-32/h2-11,22H,12-18H2,1H3,(H,30,36)/t22-/m0/s1. The summed E-state index contributed by atoms with van der Waals surface area (Å²) in [5.74, 6) is -1.46. The molecule has 1 atom stereocenters. The summed E-state index contributed by atoms with van der Waals surface area (Å²) < 4.78 is 14.5. The summed E-state index contributed by atoms with van der Waals surface area (Å²) in [4.78, 5) is 42.5. The zero-order valence-corrected chi connectivity index (χ0v) is 21.6. The second-order valence-corrected chi connectivity index (χ2v) is 9.77. The lowest BCUT2D eigenvalue weighted by Crippen LogP contribution is -2.39. The highest BCUT2D eigenvalue weighted by molar-refractivity contribution is 6.01. The van der Waals surface area contributed by atoms with Crippen LogP contribution in [0, 0.1) is 6.92 Å². The summed E-state index contributed by atoms with van der Waals surface area (Å²) >= 11 is 0. The first-order valence-electron chi connectivity index (χ1n) is 13.1. The first-order valence-corrected chi connectivity index (χ1v) is 13.1. The second kappa shape index (κ2) is 10.5. The fourth-order valence-electron chi connectivity index (χ4n) is 5.35. The van der Waals surface area contributed by atoms with E-state index in [-0.39, 0.29) is 23.8 Å². The third-order valence-corrected chi connectivity index (χ3v) is 7.37. The molecule has 0 saturated carbocycles. The predicted molar refractivity (Wildman–Crippen MR) is 145 cm³/mol. The molecule has 4 aliphatic heterocycles. The van der Waals surface area contributed by atoms with Crippen molar-refractivity contribution in [1.29, 1.82) is 0 Å². The number of ether oxygens (including phenoxy) is 2. The number of pyridine rings is 1. The van der Waals surface area contributed by atoms with Gasteiger partial charge in [0.25, 0.3) is 5.56 Å². The number of para-hydroxylation sites is 2. The number of nitrogens with one attached hydrogen (secondary N) is 1. The first-order chi connectivity index (χ1) is 19.0. The predicted octanol–water partition coefficient (Wildman–Crippen LogP) is 2.81. The van der Waals surface area contributed by atoms with Gasteiger partial charge in [0.05, 0.1) is 42.4 Å². The van der Waals surface area contributed by atoms with Crippen LogP contribution in [-0.4, -0.2) is 64.0 Å². The number of carbonyl (C=O) groups excluding carboxylic acids is 2. The number of anilines is 1. The van der Waals surface area contributed by atoms with Crippen molar-refractivity contribution in [1.82, 2.24) is 19.2 Å². The van der Waals surface area contributed by atoms with Crippen LogP contribution in [0.3, 0.4) is 0 Å². The molecule has 0 aromatic heterocycles. The number of benzene rings is 2. The van der Waals surface area contributed by atoms with Crippen LogP contribution in [-0.2, 0) is 20.9 Å². The summed E-state index contributed by atoms with van der Waals surface area (Å²) in [6.45, 7) is 5.89. The van der Waals surface area contributed by atoms with E-state index in [1.54, 1.807) is 24.3 Å². The number of esters is 1. The Morgan fingerprint density at radius 2 is 1.69 bits per heavy atom. The van der Waals surface area contributed by atoms with E-state index in [4.69, 9.17) is 14.6 Å². The van der Waals surface area contributed by atoms with Crippen molar-refractivity contribution in [2.45, 2.75) is 25.8 Å². The van der Waals surface area contributed by atoms with Crippen molar-refractivity contribution in [2.24, 2.45) is 0 Å². The molecule has 0 unspecified atom stereocenters. The van der Waals surface area contributed by atoms with Gasteiger partial charge < -0.3 is 19.4 Å². The molecule has 10 heteroatoms. The SMILES string of the molecule is Cc1c2c(=O)n(-c3ccccc3)nc-2c2c(n1CCN1CCOCC1)OC(=O)C[C@@H]2C(=O)Nc1ccccc1. The molecule has 2 aromatic rings. The van der Waals surface area contributed by atoms with Gasteiger partial charge in [-0.25, -0.2) is 0 Å². The quantitative estimate of drug-likeness (QED) is 0.384. The van der Waals surface area contributed by atoms with E-state index in [2.05, 4.69) is 10.2 Å². The second-order valence-electron chi connectivity index (χ2n) is 9.77. The highest BCUT2D eigenvalue weighted by atomic mass is 16.5. The van der Waals surface area contributed by atoms with E-state index in [0.717, 1.165) is 13.1 Å². The number of nitrogens with zero attached hydrogens (tertiary/aromatic N) is 4. The Morgan fingerprint density at radius 1 is 1.00 bits per heavy atom. The van der Waals surface area contributed by atoms with Gasteiger partial charge in [-0.05, 0) is 31.2 Å². The van der Waals surface area contributed by atoms with Crippen LogP contribution in [0.15, 0.2) is 65.5 Å². The van der Waals surface area contributed by atoms with Gasteiger partial charge >= 0.3 is 5.97 Å². The summed E-state index contributed by atoms with van der Waals surface area (Å²) in [5.41, 5.74) is 2.83. The third-order valence-electron chi connectivity index (χ3n) is 7.37. The van der Waals surface area contributed by atoms with Crippen molar-refractivity contribution < 1.29 is 19.1 Å². The highest BCUT2D eigenvalue weighted by Gasteiger charge is 2.41. The zero-order valence-electron chi connectivity index (χ0n) is 21.6. The largest absolute Gasteiger partial charge is 0.409 e. The Hall–Kier alpha value is -4.28. The number of fused-ring (bicyclic) bond motifs is 3. The molecule has 39 heavy (non-hydrogen) atoms. The minimum absolute atomic E-state index is 0.153. The third kappa shape index (κ3) is 4.73. The molecular weight excluding hydrogens is 498 g/mol. The van der Waals surface area contributed by atoms with Gasteiger partial charge in [-0.2, -0.15) is 9.78 Å². The first kappa shape index (κ1) is 25.0. The van der Waals surface area contributed by atoms with Crippen molar-refractivity contribution in [3.8, 4) is 22.8 Å². The number of morpholine rings is 1. The summed E-state index contributed by atoms with van der Waals surface area (Å²) in [6, 6.07) is 18.2. The van der Waals surface area contributed by atoms with E-state index in [9.17, 15) is 14.4 Å². The highest BCUT2D eigenvalue weighted by Crippen LogP contribution is 2.43. The van der Waals surface area contributed by atoms with Gasteiger partial charge in [0.2, 0.25) is 11.8 Å². The molecule has 2 aromatic carbocycles. The lowest BCUT2D eigenvalue weighted by atomic mass is 9.89. The van der Waals surface area contributed by atoms with Gasteiger partial charge in [-0.3, -0.25) is 19.3 Å². The molecule has 1 N–H and O–H groups in total. The Bertz CT molecular complexity index is 1540. The van der Waals surface area contributed by atoms with E-state index >= 15 is 0 Å².